The van der Waals surface area contributed by atoms with Gasteiger partial charge in [0.05, 0.1) is 0 Å². The number of nitrogens with one attached hydrogen (secondary N) is 2. The molecule has 0 bridgehead atoms. The number of rotatable bonds is 4. The molecule has 1 aromatic rings. The molecule has 1 rings (SSSR count). The number of alkyl carbamates (subject to hydrolysis) is 1. The van der Waals surface area contributed by atoms with Gasteiger partial charge in [-0.3, -0.25) is 4.98 Å². The molecule has 0 aliphatic heterocycles. The van der Waals surface area contributed by atoms with Crippen LogP contribution in [0.4, 0.5) is 10.5 Å². The molecule has 20 heavy (non-hydrogen) atoms. The number of amides is 1. The lowest BCUT2D eigenvalue weighted by Crippen LogP contribution is -2.38. The summed E-state index contributed by atoms with van der Waals surface area (Å²) in [6, 6.07) is 4.07. The summed E-state index contributed by atoms with van der Waals surface area (Å²) >= 11 is 0. The summed E-state index contributed by atoms with van der Waals surface area (Å²) in [5.41, 5.74) is 2.48. The van der Waals surface area contributed by atoms with E-state index in [1.54, 1.807) is 0 Å². The fourth-order valence-electron chi connectivity index (χ4n) is 1.80. The summed E-state index contributed by atoms with van der Waals surface area (Å²) in [6.45, 7) is 12.0. The van der Waals surface area contributed by atoms with E-state index < -0.39 is 11.7 Å². The van der Waals surface area contributed by atoms with E-state index in [0.29, 0.717) is 6.54 Å². The van der Waals surface area contributed by atoms with Crippen molar-refractivity contribution in [3.05, 3.63) is 23.5 Å². The molecule has 0 aliphatic rings. The molecule has 1 aromatic heterocycles. The molecule has 1 atom stereocenters. The highest BCUT2D eigenvalue weighted by Gasteiger charge is 2.16. The minimum absolute atomic E-state index is 0.101. The monoisotopic (exact) mass is 279 g/mol. The Labute approximate surface area is 121 Å². The molecule has 5 nitrogen and oxygen atoms in total. The molecule has 0 aliphatic carbocycles. The fourth-order valence-corrected chi connectivity index (χ4v) is 1.80. The van der Waals surface area contributed by atoms with Crippen molar-refractivity contribution in [1.29, 1.82) is 0 Å². The van der Waals surface area contributed by atoms with Gasteiger partial charge < -0.3 is 15.4 Å². The number of ether oxygens (including phenoxy) is 1. The Morgan fingerprint density at radius 2 is 1.85 bits per heavy atom. The number of aryl methyl sites for hydroxylation is 2. The van der Waals surface area contributed by atoms with Gasteiger partial charge in [0.25, 0.3) is 0 Å². The summed E-state index contributed by atoms with van der Waals surface area (Å²) in [5, 5.41) is 6.08. The Hall–Kier alpha value is -1.78. The third-order valence-electron chi connectivity index (χ3n) is 2.45. The van der Waals surface area contributed by atoms with E-state index in [1.165, 1.54) is 0 Å². The van der Waals surface area contributed by atoms with Crippen LogP contribution in [-0.4, -0.2) is 29.3 Å². The number of nitrogens with zero attached hydrogens (tertiary/aromatic N) is 1. The first-order chi connectivity index (χ1) is 9.15. The van der Waals surface area contributed by atoms with Crippen LogP contribution in [0.3, 0.4) is 0 Å². The molecule has 1 unspecified atom stereocenters. The Kier molecular flexibility index (Phi) is 5.36. The topological polar surface area (TPSA) is 63.2 Å². The van der Waals surface area contributed by atoms with Gasteiger partial charge in [0, 0.05) is 29.7 Å². The zero-order chi connectivity index (χ0) is 15.3. The van der Waals surface area contributed by atoms with E-state index in [1.807, 2.05) is 53.7 Å². The Bertz CT molecular complexity index is 446. The number of anilines is 1. The van der Waals surface area contributed by atoms with Gasteiger partial charge in [0.15, 0.2) is 0 Å². The van der Waals surface area contributed by atoms with Crippen molar-refractivity contribution in [3.63, 3.8) is 0 Å². The fraction of sp³-hybridized carbons (Fsp3) is 0.600. The lowest BCUT2D eigenvalue weighted by atomic mass is 10.2. The molecule has 2 N–H and O–H groups in total. The number of pyridine rings is 1. The summed E-state index contributed by atoms with van der Waals surface area (Å²) in [6.07, 6.45) is -0.395. The largest absolute Gasteiger partial charge is 0.444 e. The molecular weight excluding hydrogens is 254 g/mol. The second-order valence-electron chi connectivity index (χ2n) is 6.07. The molecule has 5 heteroatoms. The van der Waals surface area contributed by atoms with Crippen LogP contribution in [0.2, 0.25) is 0 Å². The van der Waals surface area contributed by atoms with Crippen molar-refractivity contribution in [2.45, 2.75) is 53.2 Å². The predicted molar refractivity (Wildman–Crippen MR) is 81.0 cm³/mol. The van der Waals surface area contributed by atoms with Crippen LogP contribution in [0.25, 0.3) is 0 Å². The molecule has 0 fully saturated rings. The summed E-state index contributed by atoms with van der Waals surface area (Å²) in [4.78, 5) is 15.9. The second kappa shape index (κ2) is 6.59. The highest BCUT2D eigenvalue weighted by Crippen LogP contribution is 2.12. The third-order valence-corrected chi connectivity index (χ3v) is 2.45. The quantitative estimate of drug-likeness (QED) is 0.889. The van der Waals surface area contributed by atoms with E-state index in [0.717, 1.165) is 17.1 Å². The van der Waals surface area contributed by atoms with Crippen LogP contribution in [-0.2, 0) is 4.74 Å². The molecule has 0 aromatic carbocycles. The zero-order valence-corrected chi connectivity index (χ0v) is 13.2. The smallest absolute Gasteiger partial charge is 0.407 e. The van der Waals surface area contributed by atoms with Crippen LogP contribution in [0.5, 0.6) is 0 Å². The standard InChI is InChI=1S/C15H25N3O2/c1-10-7-13(8-11(2)17-10)18-12(3)9-16-14(19)20-15(4,5)6/h7-8,12H,9H2,1-6H3,(H,16,19)(H,17,18). The molecule has 112 valence electrons. The van der Waals surface area contributed by atoms with E-state index in [2.05, 4.69) is 15.6 Å². The maximum atomic E-state index is 11.6. The summed E-state index contributed by atoms with van der Waals surface area (Å²) in [5.74, 6) is 0. The maximum absolute atomic E-state index is 11.6. The summed E-state index contributed by atoms with van der Waals surface area (Å²) < 4.78 is 5.19. The Morgan fingerprint density at radius 3 is 2.35 bits per heavy atom. The van der Waals surface area contributed by atoms with Gasteiger partial charge in [0.2, 0.25) is 0 Å². The highest BCUT2D eigenvalue weighted by atomic mass is 16.6. The Morgan fingerprint density at radius 1 is 1.30 bits per heavy atom. The van der Waals surface area contributed by atoms with Gasteiger partial charge in [0.1, 0.15) is 5.60 Å². The van der Waals surface area contributed by atoms with Gasteiger partial charge in [-0.15, -0.1) is 0 Å². The molecule has 1 amide bonds. The van der Waals surface area contributed by atoms with Gasteiger partial charge >= 0.3 is 6.09 Å². The summed E-state index contributed by atoms with van der Waals surface area (Å²) in [7, 11) is 0. The SMILES string of the molecule is Cc1cc(NC(C)CNC(=O)OC(C)(C)C)cc(C)n1. The lowest BCUT2D eigenvalue weighted by molar-refractivity contribution is 0.0526. The molecule has 0 saturated carbocycles. The minimum atomic E-state index is -0.472. The number of carbonyl (C=O) groups is 1. The van der Waals surface area contributed by atoms with Crippen LogP contribution < -0.4 is 10.6 Å². The lowest BCUT2D eigenvalue weighted by Gasteiger charge is -2.21. The van der Waals surface area contributed by atoms with Crippen LogP contribution in [0.1, 0.15) is 39.1 Å². The van der Waals surface area contributed by atoms with Crippen LogP contribution >= 0.6 is 0 Å². The average Bonchev–Trinajstić information content (AvgIpc) is 2.22. The first-order valence-electron chi connectivity index (χ1n) is 6.84. The Balaban J connectivity index is 2.44. The first kappa shape index (κ1) is 16.3. The van der Waals surface area contributed by atoms with Gasteiger partial charge in [-0.1, -0.05) is 0 Å². The maximum Gasteiger partial charge on any atom is 0.407 e. The molecular formula is C15H25N3O2. The van der Waals surface area contributed by atoms with Crippen molar-refractivity contribution in [2.75, 3.05) is 11.9 Å². The van der Waals surface area contributed by atoms with Crippen LogP contribution in [0.15, 0.2) is 12.1 Å². The van der Waals surface area contributed by atoms with Gasteiger partial charge in [-0.05, 0) is 53.7 Å². The normalized spacial score (nSPS) is 12.7. The van der Waals surface area contributed by atoms with E-state index >= 15 is 0 Å². The zero-order valence-electron chi connectivity index (χ0n) is 13.2. The van der Waals surface area contributed by atoms with Crippen molar-refractivity contribution >= 4 is 11.8 Å². The second-order valence-corrected chi connectivity index (χ2v) is 6.07. The first-order valence-corrected chi connectivity index (χ1v) is 6.84. The van der Waals surface area contributed by atoms with Crippen molar-refractivity contribution in [1.82, 2.24) is 10.3 Å². The van der Waals surface area contributed by atoms with Crippen molar-refractivity contribution in [2.24, 2.45) is 0 Å². The number of carbonyl (C=O) groups excluding carboxylic acids is 1. The highest BCUT2D eigenvalue weighted by molar-refractivity contribution is 5.67. The van der Waals surface area contributed by atoms with Crippen molar-refractivity contribution < 1.29 is 9.53 Å². The number of hydrogen-bond donors (Lipinski definition) is 2. The molecule has 0 radical (unpaired) electrons. The number of hydrogen-bond acceptors (Lipinski definition) is 4. The predicted octanol–water partition coefficient (Wildman–Crippen LogP) is 3.02. The molecule has 0 saturated heterocycles. The third kappa shape index (κ3) is 6.41. The van der Waals surface area contributed by atoms with Crippen molar-refractivity contribution in [3.8, 4) is 0 Å². The molecule has 1 heterocycles. The minimum Gasteiger partial charge on any atom is -0.444 e. The number of aromatic nitrogens is 1. The van der Waals surface area contributed by atoms with E-state index in [4.69, 9.17) is 4.74 Å². The van der Waals surface area contributed by atoms with Gasteiger partial charge in [-0.25, -0.2) is 4.79 Å². The van der Waals surface area contributed by atoms with E-state index in [9.17, 15) is 4.79 Å². The van der Waals surface area contributed by atoms with E-state index in [-0.39, 0.29) is 6.04 Å². The van der Waals surface area contributed by atoms with Gasteiger partial charge in [-0.2, -0.15) is 0 Å². The van der Waals surface area contributed by atoms with Crippen LogP contribution in [0, 0.1) is 13.8 Å². The molecule has 0 spiro atoms. The average molecular weight is 279 g/mol.